The Morgan fingerprint density at radius 1 is 1.26 bits per heavy atom. The number of aromatic amines is 1. The first kappa shape index (κ1) is 24.2. The summed E-state index contributed by atoms with van der Waals surface area (Å²) in [5, 5.41) is 26.4. The number of rotatable bonds is 10. The molecule has 1 unspecified atom stereocenters. The lowest BCUT2D eigenvalue weighted by molar-refractivity contribution is -0.140. The summed E-state index contributed by atoms with van der Waals surface area (Å²) in [5.74, 6) is -2.36. The minimum Gasteiger partial charge on any atom is -0.481 e. The number of hydrogen-bond donors (Lipinski definition) is 6. The molecular weight excluding hydrogens is 448 g/mol. The van der Waals surface area contributed by atoms with Crippen LogP contribution in [0.1, 0.15) is 29.0 Å². The minimum atomic E-state index is -1.32. The highest BCUT2D eigenvalue weighted by Gasteiger charge is 2.29. The summed E-state index contributed by atoms with van der Waals surface area (Å²) in [7, 11) is 0. The molecule has 0 saturated carbocycles. The standard InChI is InChI=1S/C21H24N6O7/c1-11-24-18-17(20(32)25-11)27(10-28)14(9-23-18)8-22-13-4-2-12(3-5-13)19(31)26-15(21(33)34)6-7-16(29)30/h2-5,10,14-15,22H,6-9H2,1H3,(H,26,31)(H,29,30)(H,33,34)(H2,23,24,25,32)/t14?,15-/m0/s1. The number of hydrogen-bond acceptors (Lipinski definition) is 8. The molecule has 3 rings (SSSR count). The van der Waals surface area contributed by atoms with Crippen LogP contribution < -0.4 is 26.4 Å². The van der Waals surface area contributed by atoms with Gasteiger partial charge in [-0.1, -0.05) is 0 Å². The van der Waals surface area contributed by atoms with Gasteiger partial charge in [-0.15, -0.1) is 0 Å². The summed E-state index contributed by atoms with van der Waals surface area (Å²) in [6.45, 7) is 2.30. The van der Waals surface area contributed by atoms with E-state index in [1.165, 1.54) is 17.0 Å². The highest BCUT2D eigenvalue weighted by molar-refractivity contribution is 5.97. The molecule has 1 aromatic carbocycles. The van der Waals surface area contributed by atoms with E-state index >= 15 is 0 Å². The van der Waals surface area contributed by atoms with Crippen molar-refractivity contribution in [2.24, 2.45) is 0 Å². The fourth-order valence-corrected chi connectivity index (χ4v) is 3.49. The molecule has 13 nitrogen and oxygen atoms in total. The summed E-state index contributed by atoms with van der Waals surface area (Å²) in [6, 6.07) is 4.47. The lowest BCUT2D eigenvalue weighted by atomic mass is 10.1. The molecule has 34 heavy (non-hydrogen) atoms. The Hall–Kier alpha value is -4.42. The van der Waals surface area contributed by atoms with Gasteiger partial charge >= 0.3 is 11.9 Å². The number of carbonyl (C=O) groups is 4. The van der Waals surface area contributed by atoms with E-state index in [0.717, 1.165) is 0 Å². The molecule has 0 aliphatic carbocycles. The van der Waals surface area contributed by atoms with Crippen LogP contribution in [-0.4, -0.2) is 69.6 Å². The van der Waals surface area contributed by atoms with Crippen molar-refractivity contribution in [3.63, 3.8) is 0 Å². The third kappa shape index (κ3) is 5.68. The predicted octanol–water partition coefficient (Wildman–Crippen LogP) is -0.00488. The SMILES string of the molecule is Cc1nc2c(c(=O)[nH]1)N(C=O)C(CNc1ccc(C(=O)N[C@@H](CCC(=O)O)C(=O)O)cc1)CN2. The summed E-state index contributed by atoms with van der Waals surface area (Å²) in [5.41, 5.74) is 0.541. The maximum absolute atomic E-state index is 12.3. The zero-order valence-electron chi connectivity index (χ0n) is 18.2. The van der Waals surface area contributed by atoms with Crippen LogP contribution in [0, 0.1) is 6.92 Å². The topological polar surface area (TPSA) is 194 Å². The molecule has 0 saturated heterocycles. The Labute approximate surface area is 193 Å². The van der Waals surface area contributed by atoms with E-state index in [9.17, 15) is 29.1 Å². The van der Waals surface area contributed by atoms with Crippen molar-refractivity contribution in [2.45, 2.75) is 31.8 Å². The van der Waals surface area contributed by atoms with Gasteiger partial charge in [-0.25, -0.2) is 9.78 Å². The average molecular weight is 472 g/mol. The smallest absolute Gasteiger partial charge is 0.326 e. The highest BCUT2D eigenvalue weighted by Crippen LogP contribution is 2.25. The molecule has 2 atom stereocenters. The number of fused-ring (bicyclic) bond motifs is 1. The van der Waals surface area contributed by atoms with Crippen molar-refractivity contribution in [3.8, 4) is 0 Å². The van der Waals surface area contributed by atoms with Gasteiger partial charge in [-0.2, -0.15) is 0 Å². The van der Waals surface area contributed by atoms with Crippen LogP contribution in [0.5, 0.6) is 0 Å². The van der Waals surface area contributed by atoms with Crippen molar-refractivity contribution in [2.75, 3.05) is 28.6 Å². The lowest BCUT2D eigenvalue weighted by Gasteiger charge is -2.34. The predicted molar refractivity (Wildman–Crippen MR) is 121 cm³/mol. The lowest BCUT2D eigenvalue weighted by Crippen LogP contribution is -2.50. The van der Waals surface area contributed by atoms with Crippen LogP contribution in [-0.2, 0) is 14.4 Å². The zero-order valence-corrected chi connectivity index (χ0v) is 18.2. The second-order valence-electron chi connectivity index (χ2n) is 7.65. The quantitative estimate of drug-likeness (QED) is 0.256. The van der Waals surface area contributed by atoms with Crippen molar-refractivity contribution in [3.05, 3.63) is 46.0 Å². The van der Waals surface area contributed by atoms with Gasteiger partial charge in [-0.3, -0.25) is 19.2 Å². The first-order valence-electron chi connectivity index (χ1n) is 10.4. The van der Waals surface area contributed by atoms with E-state index in [2.05, 4.69) is 25.9 Å². The number of carbonyl (C=O) groups excluding carboxylic acids is 2. The third-order valence-electron chi connectivity index (χ3n) is 5.22. The van der Waals surface area contributed by atoms with Gasteiger partial charge in [0.1, 0.15) is 11.9 Å². The second-order valence-corrected chi connectivity index (χ2v) is 7.65. The highest BCUT2D eigenvalue weighted by atomic mass is 16.4. The Bertz CT molecular complexity index is 1150. The number of amides is 2. The molecule has 6 N–H and O–H groups in total. The van der Waals surface area contributed by atoms with Gasteiger partial charge in [0.25, 0.3) is 11.5 Å². The Balaban J connectivity index is 1.62. The number of aromatic nitrogens is 2. The monoisotopic (exact) mass is 472 g/mol. The van der Waals surface area contributed by atoms with Gasteiger partial charge in [0, 0.05) is 30.8 Å². The normalized spacial score (nSPS) is 15.4. The first-order chi connectivity index (χ1) is 16.2. The molecule has 2 heterocycles. The van der Waals surface area contributed by atoms with Crippen molar-refractivity contribution >= 4 is 41.4 Å². The number of H-pyrrole nitrogens is 1. The molecular formula is C21H24N6O7. The molecule has 1 aromatic heterocycles. The largest absolute Gasteiger partial charge is 0.481 e. The molecule has 0 fully saturated rings. The molecule has 2 aromatic rings. The number of carboxylic acid groups (broad SMARTS) is 2. The van der Waals surface area contributed by atoms with E-state index in [1.807, 2.05) is 0 Å². The Morgan fingerprint density at radius 3 is 2.59 bits per heavy atom. The van der Waals surface area contributed by atoms with Gasteiger partial charge in [0.15, 0.2) is 11.5 Å². The molecule has 1 aliphatic heterocycles. The van der Waals surface area contributed by atoms with Gasteiger partial charge in [0.05, 0.1) is 6.04 Å². The molecule has 180 valence electrons. The summed E-state index contributed by atoms with van der Waals surface area (Å²) >= 11 is 0. The maximum Gasteiger partial charge on any atom is 0.326 e. The fourth-order valence-electron chi connectivity index (χ4n) is 3.49. The molecule has 0 radical (unpaired) electrons. The van der Waals surface area contributed by atoms with E-state index in [1.54, 1.807) is 19.1 Å². The molecule has 1 aliphatic rings. The minimum absolute atomic E-state index is 0.140. The molecule has 0 bridgehead atoms. The van der Waals surface area contributed by atoms with E-state index in [-0.39, 0.29) is 30.1 Å². The second kappa shape index (κ2) is 10.5. The van der Waals surface area contributed by atoms with E-state index < -0.39 is 29.4 Å². The van der Waals surface area contributed by atoms with Crippen LogP contribution in [0.15, 0.2) is 29.1 Å². The number of nitrogens with zero attached hydrogens (tertiary/aromatic N) is 2. The Morgan fingerprint density at radius 2 is 1.97 bits per heavy atom. The number of anilines is 3. The molecule has 0 spiro atoms. The summed E-state index contributed by atoms with van der Waals surface area (Å²) in [4.78, 5) is 66.4. The van der Waals surface area contributed by atoms with E-state index in [0.29, 0.717) is 36.8 Å². The average Bonchev–Trinajstić information content (AvgIpc) is 2.79. The molecule has 13 heteroatoms. The Kier molecular flexibility index (Phi) is 7.46. The van der Waals surface area contributed by atoms with Crippen molar-refractivity contribution in [1.29, 1.82) is 0 Å². The zero-order chi connectivity index (χ0) is 24.8. The summed E-state index contributed by atoms with van der Waals surface area (Å²) < 4.78 is 0. The third-order valence-corrected chi connectivity index (χ3v) is 5.22. The number of carboxylic acids is 2. The first-order valence-corrected chi connectivity index (χ1v) is 10.4. The summed E-state index contributed by atoms with van der Waals surface area (Å²) in [6.07, 6.45) is -0.0470. The van der Waals surface area contributed by atoms with E-state index in [4.69, 9.17) is 5.11 Å². The van der Waals surface area contributed by atoms with Crippen LogP contribution in [0.3, 0.4) is 0 Å². The molecule has 2 amide bonds. The van der Waals surface area contributed by atoms with Crippen LogP contribution in [0.2, 0.25) is 0 Å². The fraction of sp³-hybridized carbons (Fsp3) is 0.333. The van der Waals surface area contributed by atoms with Crippen LogP contribution >= 0.6 is 0 Å². The van der Waals surface area contributed by atoms with Gasteiger partial charge in [0.2, 0.25) is 6.41 Å². The number of nitrogens with one attached hydrogen (secondary N) is 4. The van der Waals surface area contributed by atoms with Crippen molar-refractivity contribution in [1.82, 2.24) is 15.3 Å². The van der Waals surface area contributed by atoms with Crippen molar-refractivity contribution < 1.29 is 29.4 Å². The number of aliphatic carboxylic acids is 2. The van der Waals surface area contributed by atoms with Gasteiger partial charge < -0.3 is 36.0 Å². The maximum atomic E-state index is 12.3. The number of benzene rings is 1. The van der Waals surface area contributed by atoms with Crippen LogP contribution in [0.25, 0.3) is 0 Å². The van der Waals surface area contributed by atoms with Gasteiger partial charge in [-0.05, 0) is 37.6 Å². The van der Waals surface area contributed by atoms with Crippen LogP contribution in [0.4, 0.5) is 17.2 Å². The number of aryl methyl sites for hydroxylation is 1.